The van der Waals surface area contributed by atoms with Gasteiger partial charge >= 0.3 is 6.18 Å². The third-order valence-corrected chi connectivity index (χ3v) is 4.87. The highest BCUT2D eigenvalue weighted by atomic mass is 32.1. The quantitative estimate of drug-likeness (QED) is 0.871. The summed E-state index contributed by atoms with van der Waals surface area (Å²) in [5.41, 5.74) is 5.25. The van der Waals surface area contributed by atoms with Gasteiger partial charge in [0.1, 0.15) is 5.00 Å². The third kappa shape index (κ3) is 3.52. The molecular weight excluding hydrogens is 357 g/mol. The van der Waals surface area contributed by atoms with Crippen molar-refractivity contribution in [3.63, 3.8) is 0 Å². The molecule has 3 rings (SSSR count). The molecule has 0 saturated carbocycles. The summed E-state index contributed by atoms with van der Waals surface area (Å²) in [5, 5.41) is 2.73. The molecule has 2 aromatic rings. The fourth-order valence-corrected chi connectivity index (χ4v) is 3.78. The van der Waals surface area contributed by atoms with E-state index >= 15 is 0 Å². The topological polar surface area (TPSA) is 81.4 Å². The zero-order chi connectivity index (χ0) is 18.2. The largest absolute Gasteiger partial charge is 0.416 e. The first-order chi connectivity index (χ1) is 11.8. The highest BCUT2D eigenvalue weighted by Gasteiger charge is 2.31. The van der Waals surface area contributed by atoms with Crippen molar-refractivity contribution in [3.05, 3.63) is 51.4 Å². The van der Waals surface area contributed by atoms with Crippen LogP contribution < -0.4 is 11.1 Å². The number of hydrogen-bond donors (Lipinski definition) is 2. The molecule has 1 aliphatic heterocycles. The summed E-state index contributed by atoms with van der Waals surface area (Å²) in [6.07, 6.45) is -4.06. The van der Waals surface area contributed by atoms with Crippen LogP contribution in [0.5, 0.6) is 0 Å². The lowest BCUT2D eigenvalue weighted by atomic mass is 10.1. The molecule has 0 saturated heterocycles. The number of anilines is 1. The van der Waals surface area contributed by atoms with Gasteiger partial charge in [0.05, 0.1) is 24.3 Å². The Kier molecular flexibility index (Phi) is 4.53. The number of carbonyl (C=O) groups is 2. The molecule has 2 amide bonds. The van der Waals surface area contributed by atoms with Gasteiger partial charge in [0.2, 0.25) is 0 Å². The van der Waals surface area contributed by atoms with E-state index in [4.69, 9.17) is 10.5 Å². The first kappa shape index (κ1) is 17.4. The Labute approximate surface area is 144 Å². The molecule has 0 atom stereocenters. The van der Waals surface area contributed by atoms with Crippen LogP contribution in [0.25, 0.3) is 0 Å². The molecule has 1 aromatic heterocycles. The van der Waals surface area contributed by atoms with Gasteiger partial charge in [0, 0.05) is 10.4 Å². The molecule has 5 nitrogen and oxygen atoms in total. The Balaban J connectivity index is 1.91. The van der Waals surface area contributed by atoms with Crippen molar-refractivity contribution < 1.29 is 27.5 Å². The van der Waals surface area contributed by atoms with E-state index in [-0.39, 0.29) is 16.1 Å². The van der Waals surface area contributed by atoms with Gasteiger partial charge in [-0.25, -0.2) is 0 Å². The van der Waals surface area contributed by atoms with Crippen LogP contribution in [-0.4, -0.2) is 18.4 Å². The number of benzene rings is 1. The monoisotopic (exact) mass is 370 g/mol. The molecular formula is C16H13F3N2O3S. The Bertz CT molecular complexity index is 846. The average Bonchev–Trinajstić information content (AvgIpc) is 2.92. The zero-order valence-corrected chi connectivity index (χ0v) is 13.6. The smallest absolute Gasteiger partial charge is 0.376 e. The van der Waals surface area contributed by atoms with Crippen LogP contribution in [0.2, 0.25) is 0 Å². The van der Waals surface area contributed by atoms with E-state index in [0.717, 1.165) is 40.0 Å². The van der Waals surface area contributed by atoms with Crippen LogP contribution in [0.3, 0.4) is 0 Å². The maximum atomic E-state index is 12.8. The van der Waals surface area contributed by atoms with Gasteiger partial charge in [-0.2, -0.15) is 13.2 Å². The van der Waals surface area contributed by atoms with Gasteiger partial charge in [-0.15, -0.1) is 11.3 Å². The van der Waals surface area contributed by atoms with Crippen LogP contribution >= 0.6 is 11.3 Å². The Morgan fingerprint density at radius 1 is 1.28 bits per heavy atom. The second-order valence-corrected chi connectivity index (χ2v) is 6.51. The van der Waals surface area contributed by atoms with Gasteiger partial charge in [-0.05, 0) is 30.2 Å². The number of alkyl halides is 3. The van der Waals surface area contributed by atoms with E-state index in [1.807, 2.05) is 0 Å². The first-order valence-corrected chi connectivity index (χ1v) is 8.09. The van der Waals surface area contributed by atoms with Crippen LogP contribution in [0.15, 0.2) is 24.3 Å². The number of rotatable bonds is 3. The van der Waals surface area contributed by atoms with E-state index in [0.29, 0.717) is 19.6 Å². The number of primary amides is 1. The minimum atomic E-state index is -4.55. The number of fused-ring (bicyclic) bond motifs is 1. The van der Waals surface area contributed by atoms with Crippen molar-refractivity contribution >= 4 is 28.2 Å². The molecule has 0 spiro atoms. The molecule has 0 bridgehead atoms. The summed E-state index contributed by atoms with van der Waals surface area (Å²) >= 11 is 1.14. The molecule has 1 aliphatic rings. The van der Waals surface area contributed by atoms with E-state index in [1.165, 1.54) is 6.07 Å². The fourth-order valence-electron chi connectivity index (χ4n) is 2.59. The van der Waals surface area contributed by atoms with Crippen molar-refractivity contribution in [1.29, 1.82) is 0 Å². The summed E-state index contributed by atoms with van der Waals surface area (Å²) in [6.45, 7) is 0.741. The number of nitrogens with one attached hydrogen (secondary N) is 1. The minimum Gasteiger partial charge on any atom is -0.376 e. The van der Waals surface area contributed by atoms with Gasteiger partial charge in [-0.3, -0.25) is 9.59 Å². The predicted octanol–water partition coefficient (Wildman–Crippen LogP) is 3.19. The lowest BCUT2D eigenvalue weighted by molar-refractivity contribution is -0.137. The third-order valence-electron chi connectivity index (χ3n) is 3.75. The Hall–Kier alpha value is -2.39. The normalized spacial score (nSPS) is 14.0. The summed E-state index contributed by atoms with van der Waals surface area (Å²) in [6, 6.07) is 4.06. The molecule has 0 unspecified atom stereocenters. The second kappa shape index (κ2) is 6.49. The van der Waals surface area contributed by atoms with Crippen molar-refractivity contribution in [2.75, 3.05) is 11.9 Å². The maximum Gasteiger partial charge on any atom is 0.416 e. The molecule has 0 fully saturated rings. The standard InChI is InChI=1S/C16H13F3N2O3S/c17-16(18,19)9-3-1-2-8(6-9)14(23)21-15-12(13(20)22)10-4-5-24-7-11(10)25-15/h1-3,6H,4-5,7H2,(H2,20,22)(H,21,23). The van der Waals surface area contributed by atoms with E-state index in [2.05, 4.69) is 5.32 Å². The van der Waals surface area contributed by atoms with Crippen molar-refractivity contribution in [2.45, 2.75) is 19.2 Å². The van der Waals surface area contributed by atoms with Crippen LogP contribution in [0, 0.1) is 0 Å². The Morgan fingerprint density at radius 3 is 2.72 bits per heavy atom. The number of ether oxygens (including phenoxy) is 1. The first-order valence-electron chi connectivity index (χ1n) is 7.28. The molecule has 0 aliphatic carbocycles. The number of halogens is 3. The summed E-state index contributed by atoms with van der Waals surface area (Å²) < 4.78 is 43.6. The SMILES string of the molecule is NC(=O)c1c(NC(=O)c2cccc(C(F)(F)F)c2)sc2c1CCOC2. The number of thiophene rings is 1. The van der Waals surface area contributed by atoms with Gasteiger partial charge in [0.15, 0.2) is 0 Å². The van der Waals surface area contributed by atoms with E-state index in [9.17, 15) is 22.8 Å². The average molecular weight is 370 g/mol. The highest BCUT2D eigenvalue weighted by molar-refractivity contribution is 7.17. The highest BCUT2D eigenvalue weighted by Crippen LogP contribution is 2.36. The summed E-state index contributed by atoms with van der Waals surface area (Å²) in [5.74, 6) is -1.44. The molecule has 3 N–H and O–H groups in total. The maximum absolute atomic E-state index is 12.8. The molecule has 25 heavy (non-hydrogen) atoms. The Morgan fingerprint density at radius 2 is 2.04 bits per heavy atom. The van der Waals surface area contributed by atoms with Crippen LogP contribution in [0.4, 0.5) is 18.2 Å². The number of nitrogens with two attached hydrogens (primary N) is 1. The van der Waals surface area contributed by atoms with E-state index < -0.39 is 23.6 Å². The van der Waals surface area contributed by atoms with Crippen molar-refractivity contribution in [1.82, 2.24) is 0 Å². The summed E-state index contributed by atoms with van der Waals surface area (Å²) in [4.78, 5) is 24.8. The van der Waals surface area contributed by atoms with Gasteiger partial charge < -0.3 is 15.8 Å². The lowest BCUT2D eigenvalue weighted by Gasteiger charge is -2.12. The van der Waals surface area contributed by atoms with Crippen LogP contribution in [-0.2, 0) is 23.9 Å². The van der Waals surface area contributed by atoms with Crippen molar-refractivity contribution in [3.8, 4) is 0 Å². The van der Waals surface area contributed by atoms with Crippen LogP contribution in [0.1, 0.15) is 36.7 Å². The van der Waals surface area contributed by atoms with E-state index in [1.54, 1.807) is 0 Å². The van der Waals surface area contributed by atoms with Gasteiger partial charge in [0.25, 0.3) is 11.8 Å². The molecule has 0 radical (unpaired) electrons. The molecule has 132 valence electrons. The minimum absolute atomic E-state index is 0.159. The molecule has 2 heterocycles. The summed E-state index contributed by atoms with van der Waals surface area (Å²) in [7, 11) is 0. The van der Waals surface area contributed by atoms with Crippen molar-refractivity contribution in [2.24, 2.45) is 5.73 Å². The molecule has 1 aromatic carbocycles. The fraction of sp³-hybridized carbons (Fsp3) is 0.250. The predicted molar refractivity (Wildman–Crippen MR) is 85.6 cm³/mol. The number of carbonyl (C=O) groups excluding carboxylic acids is 2. The second-order valence-electron chi connectivity index (χ2n) is 5.41. The number of hydrogen-bond acceptors (Lipinski definition) is 4. The zero-order valence-electron chi connectivity index (χ0n) is 12.8. The lowest BCUT2D eigenvalue weighted by Crippen LogP contribution is -2.19. The van der Waals surface area contributed by atoms with Gasteiger partial charge in [-0.1, -0.05) is 6.07 Å². The molecule has 9 heteroatoms. The number of amides is 2.